The van der Waals surface area contributed by atoms with Crippen molar-refractivity contribution in [3.63, 3.8) is 0 Å². The molecule has 0 amide bonds. The average Bonchev–Trinajstić information content (AvgIpc) is 1.99. The molecule has 0 rings (SSSR count). The molecule has 0 radical (unpaired) electrons. The summed E-state index contributed by atoms with van der Waals surface area (Å²) < 4.78 is 21.5. The second-order valence-corrected chi connectivity index (χ2v) is 6.50. The van der Waals surface area contributed by atoms with E-state index in [1.807, 2.05) is 0 Å². The first-order valence-electron chi connectivity index (χ1n) is 4.14. The van der Waals surface area contributed by atoms with Crippen molar-refractivity contribution < 1.29 is 28.7 Å². The molecular formula is C7H11NO6P2-4. The molecule has 9 heteroatoms. The normalized spacial score (nSPS) is 13.1. The maximum absolute atomic E-state index is 10.8. The van der Waals surface area contributed by atoms with Crippen LogP contribution in [0.25, 0.3) is 0 Å². The maximum Gasteiger partial charge on any atom is 0.0653 e. The average molecular weight is 267 g/mol. The molecule has 94 valence electrons. The molecule has 0 aromatic heterocycles. The first-order valence-corrected chi connectivity index (χ1v) is 7.36. The Bertz CT molecular complexity index is 313. The van der Waals surface area contributed by atoms with Gasteiger partial charge in [0.15, 0.2) is 0 Å². The summed E-state index contributed by atoms with van der Waals surface area (Å²) in [4.78, 5) is 43.7. The second kappa shape index (κ2) is 5.89. The third-order valence-electron chi connectivity index (χ3n) is 1.62. The van der Waals surface area contributed by atoms with Crippen LogP contribution in [0.1, 0.15) is 0 Å². The lowest BCUT2D eigenvalue weighted by Gasteiger charge is -2.53. The summed E-state index contributed by atoms with van der Waals surface area (Å²) in [5.41, 5.74) is -2.60. The lowest BCUT2D eigenvalue weighted by atomic mass is 10.5. The predicted molar refractivity (Wildman–Crippen MR) is 51.0 cm³/mol. The topological polar surface area (TPSA) is 130 Å². The highest BCUT2D eigenvalue weighted by Crippen LogP contribution is 2.51. The molecule has 0 aliphatic heterocycles. The Morgan fingerprint density at radius 1 is 1.00 bits per heavy atom. The van der Waals surface area contributed by atoms with Crippen molar-refractivity contribution in [3.05, 3.63) is 25.3 Å². The molecule has 0 atom stereocenters. The SMILES string of the molecule is C=CCN(CC=C)C(P(=O)([O-])[O-])P(=O)([O-])[O-]. The highest BCUT2D eigenvalue weighted by molar-refractivity contribution is 7.67. The van der Waals surface area contributed by atoms with E-state index < -0.39 is 20.7 Å². The third-order valence-corrected chi connectivity index (χ3v) is 5.10. The molecule has 0 fully saturated rings. The molecule has 0 aliphatic carbocycles. The maximum atomic E-state index is 10.8. The van der Waals surface area contributed by atoms with Crippen molar-refractivity contribution in [1.82, 2.24) is 4.90 Å². The Kier molecular flexibility index (Phi) is 5.79. The fraction of sp³-hybridized carbons (Fsp3) is 0.429. The van der Waals surface area contributed by atoms with E-state index in [9.17, 15) is 28.7 Å². The summed E-state index contributed by atoms with van der Waals surface area (Å²) in [6.07, 6.45) is 2.36. The summed E-state index contributed by atoms with van der Waals surface area (Å²) in [5.74, 6) is 0. The van der Waals surface area contributed by atoms with Crippen LogP contribution < -0.4 is 19.6 Å². The number of hydrogen-bond acceptors (Lipinski definition) is 7. The zero-order valence-electron chi connectivity index (χ0n) is 8.35. The van der Waals surface area contributed by atoms with Crippen molar-refractivity contribution in [1.29, 1.82) is 0 Å². The van der Waals surface area contributed by atoms with Gasteiger partial charge in [0.2, 0.25) is 0 Å². The van der Waals surface area contributed by atoms with E-state index in [0.29, 0.717) is 4.90 Å². The first-order chi connectivity index (χ1) is 7.14. The Morgan fingerprint density at radius 2 is 1.31 bits per heavy atom. The predicted octanol–water partition coefficient (Wildman–Crippen LogP) is -2.23. The van der Waals surface area contributed by atoms with E-state index >= 15 is 0 Å². The molecule has 0 heterocycles. The summed E-state index contributed by atoms with van der Waals surface area (Å²) in [7, 11) is -11.1. The molecule has 16 heavy (non-hydrogen) atoms. The molecule has 7 nitrogen and oxygen atoms in total. The molecule has 0 saturated heterocycles. The smallest absolute Gasteiger partial charge is 0.0653 e. The molecular weight excluding hydrogens is 256 g/mol. The summed E-state index contributed by atoms with van der Waals surface area (Å²) in [6.45, 7) is 6.09. The Labute approximate surface area is 93.4 Å². The van der Waals surface area contributed by atoms with Gasteiger partial charge in [0.1, 0.15) is 0 Å². The lowest BCUT2D eigenvalue weighted by molar-refractivity contribution is -0.334. The van der Waals surface area contributed by atoms with Gasteiger partial charge < -0.3 is 28.7 Å². The monoisotopic (exact) mass is 267 g/mol. The van der Waals surface area contributed by atoms with Crippen LogP contribution >= 0.6 is 15.2 Å². The van der Waals surface area contributed by atoms with E-state index in [2.05, 4.69) is 13.2 Å². The Balaban J connectivity index is 5.29. The van der Waals surface area contributed by atoms with Gasteiger partial charge in [0.05, 0.1) is 5.52 Å². The quantitative estimate of drug-likeness (QED) is 0.377. The van der Waals surface area contributed by atoms with Crippen LogP contribution in [0.4, 0.5) is 0 Å². The lowest BCUT2D eigenvalue weighted by Crippen LogP contribution is -2.46. The van der Waals surface area contributed by atoms with Crippen molar-refractivity contribution in [2.45, 2.75) is 5.52 Å². The molecule has 0 saturated carbocycles. The van der Waals surface area contributed by atoms with Gasteiger partial charge in [-0.05, 0) is 15.2 Å². The molecule has 0 aromatic carbocycles. The van der Waals surface area contributed by atoms with Gasteiger partial charge in [-0.1, -0.05) is 12.2 Å². The van der Waals surface area contributed by atoms with Gasteiger partial charge in [0.25, 0.3) is 0 Å². The largest absolute Gasteiger partial charge is 0.809 e. The zero-order chi connectivity index (χ0) is 13.0. The van der Waals surface area contributed by atoms with E-state index in [1.165, 1.54) is 12.2 Å². The van der Waals surface area contributed by atoms with Gasteiger partial charge in [-0.15, -0.1) is 13.2 Å². The summed E-state index contributed by atoms with van der Waals surface area (Å²) in [5, 5.41) is 0. The fourth-order valence-electron chi connectivity index (χ4n) is 1.17. The third kappa shape index (κ3) is 4.72. The van der Waals surface area contributed by atoms with Crippen molar-refractivity contribution in [2.24, 2.45) is 0 Å². The van der Waals surface area contributed by atoms with Gasteiger partial charge in [-0.3, -0.25) is 4.90 Å². The standard InChI is InChI=1S/C7H15NO6P2/c1-3-5-8(6-4-2)7(15(9,10)11)16(12,13)14/h3-4,7H,1-2,5-6H2,(H2,9,10,11)(H2,12,13,14)/p-4. The highest BCUT2D eigenvalue weighted by Gasteiger charge is 2.23. The number of rotatable bonds is 7. The van der Waals surface area contributed by atoms with Crippen LogP contribution in [0.3, 0.4) is 0 Å². The fourth-order valence-corrected chi connectivity index (χ4v) is 3.73. The molecule has 0 unspecified atom stereocenters. The van der Waals surface area contributed by atoms with Gasteiger partial charge in [-0.2, -0.15) is 0 Å². The van der Waals surface area contributed by atoms with Gasteiger partial charge in [-0.25, -0.2) is 0 Å². The Morgan fingerprint density at radius 3 is 1.50 bits per heavy atom. The highest BCUT2D eigenvalue weighted by atomic mass is 31.2. The number of hydrogen-bond donors (Lipinski definition) is 0. The minimum Gasteiger partial charge on any atom is -0.809 e. The van der Waals surface area contributed by atoms with E-state index in [1.54, 1.807) is 0 Å². The van der Waals surface area contributed by atoms with Crippen LogP contribution in [-0.2, 0) is 9.13 Å². The minimum atomic E-state index is -5.57. The Hall–Kier alpha value is -0.260. The van der Waals surface area contributed by atoms with E-state index in [0.717, 1.165) is 0 Å². The van der Waals surface area contributed by atoms with E-state index in [-0.39, 0.29) is 13.1 Å². The summed E-state index contributed by atoms with van der Waals surface area (Å²) >= 11 is 0. The van der Waals surface area contributed by atoms with Gasteiger partial charge >= 0.3 is 0 Å². The molecule has 0 bridgehead atoms. The molecule has 0 aromatic rings. The zero-order valence-corrected chi connectivity index (χ0v) is 10.1. The van der Waals surface area contributed by atoms with Gasteiger partial charge in [0, 0.05) is 13.1 Å². The van der Waals surface area contributed by atoms with Crippen LogP contribution in [-0.4, -0.2) is 23.5 Å². The first kappa shape index (κ1) is 15.7. The van der Waals surface area contributed by atoms with E-state index in [4.69, 9.17) is 0 Å². The number of nitrogens with zero attached hydrogens (tertiary/aromatic N) is 1. The van der Waals surface area contributed by atoms with Crippen molar-refractivity contribution in [3.8, 4) is 0 Å². The van der Waals surface area contributed by atoms with Crippen LogP contribution in [0.2, 0.25) is 0 Å². The van der Waals surface area contributed by atoms with Crippen LogP contribution in [0, 0.1) is 0 Å². The summed E-state index contributed by atoms with van der Waals surface area (Å²) in [6, 6.07) is 0. The second-order valence-electron chi connectivity index (χ2n) is 2.96. The molecule has 0 N–H and O–H groups in total. The van der Waals surface area contributed by atoms with Crippen molar-refractivity contribution in [2.75, 3.05) is 13.1 Å². The molecule has 0 aliphatic rings. The molecule has 0 spiro atoms. The van der Waals surface area contributed by atoms with Crippen LogP contribution in [0.15, 0.2) is 25.3 Å². The van der Waals surface area contributed by atoms with Crippen molar-refractivity contribution >= 4 is 15.2 Å². The van der Waals surface area contributed by atoms with Crippen LogP contribution in [0.5, 0.6) is 0 Å². The minimum absolute atomic E-state index is 0.223.